The van der Waals surface area contributed by atoms with E-state index in [0.717, 1.165) is 44.8 Å². The van der Waals surface area contributed by atoms with Crippen LogP contribution in [0.5, 0.6) is 0 Å². The summed E-state index contributed by atoms with van der Waals surface area (Å²) in [6, 6.07) is 3.87. The molecule has 18 heavy (non-hydrogen) atoms. The van der Waals surface area contributed by atoms with E-state index in [1.54, 1.807) is 6.07 Å². The fourth-order valence-electron chi connectivity index (χ4n) is 3.04. The lowest BCUT2D eigenvalue weighted by atomic mass is 9.98. The average molecular weight is 253 g/mol. The first-order valence-corrected chi connectivity index (χ1v) is 6.50. The second-order valence-corrected chi connectivity index (χ2v) is 5.37. The van der Waals surface area contributed by atoms with Gasteiger partial charge in [-0.2, -0.15) is 0 Å². The van der Waals surface area contributed by atoms with Crippen molar-refractivity contribution >= 4 is 0 Å². The molecule has 0 radical (unpaired) electrons. The van der Waals surface area contributed by atoms with E-state index >= 15 is 0 Å². The maximum atomic E-state index is 13.9. The largest absolute Gasteiger partial charge is 0.393 e. The van der Waals surface area contributed by atoms with Crippen LogP contribution in [0.4, 0.5) is 8.78 Å². The van der Waals surface area contributed by atoms with Crippen molar-refractivity contribution in [2.45, 2.75) is 37.3 Å². The number of hydrogen-bond donors (Lipinski definition) is 1. The predicted octanol–water partition coefficient (Wildman–Crippen LogP) is 2.41. The van der Waals surface area contributed by atoms with Gasteiger partial charge >= 0.3 is 0 Å². The van der Waals surface area contributed by atoms with Gasteiger partial charge in [-0.15, -0.1) is 0 Å². The van der Waals surface area contributed by atoms with E-state index < -0.39 is 11.6 Å². The van der Waals surface area contributed by atoms with Crippen LogP contribution in [0.15, 0.2) is 18.2 Å². The standard InChI is InChI=1S/C14H17F2NO/c15-10-1-2-12(13(16)9-10)14(5-6-14)17-7-3-11(18)4-8-17/h1-2,9,11,18H,3-8H2. The van der Waals surface area contributed by atoms with Gasteiger partial charge < -0.3 is 5.11 Å². The van der Waals surface area contributed by atoms with Crippen LogP contribution in [0.25, 0.3) is 0 Å². The van der Waals surface area contributed by atoms with Crippen molar-refractivity contribution in [1.82, 2.24) is 4.90 Å². The van der Waals surface area contributed by atoms with Crippen molar-refractivity contribution in [2.75, 3.05) is 13.1 Å². The first-order valence-electron chi connectivity index (χ1n) is 6.50. The van der Waals surface area contributed by atoms with Crippen molar-refractivity contribution in [1.29, 1.82) is 0 Å². The number of aliphatic hydroxyl groups excluding tert-OH is 1. The van der Waals surface area contributed by atoms with Crippen LogP contribution in [0.3, 0.4) is 0 Å². The zero-order valence-electron chi connectivity index (χ0n) is 10.2. The Bertz CT molecular complexity index is 451. The second-order valence-electron chi connectivity index (χ2n) is 5.37. The Morgan fingerprint density at radius 2 is 1.83 bits per heavy atom. The van der Waals surface area contributed by atoms with E-state index in [-0.39, 0.29) is 11.6 Å². The summed E-state index contributed by atoms with van der Waals surface area (Å²) in [4.78, 5) is 2.25. The van der Waals surface area contributed by atoms with E-state index in [9.17, 15) is 13.9 Å². The molecule has 1 aromatic carbocycles. The van der Waals surface area contributed by atoms with Gasteiger partial charge in [0.05, 0.1) is 6.10 Å². The lowest BCUT2D eigenvalue weighted by Gasteiger charge is -2.37. The molecule has 0 amide bonds. The van der Waals surface area contributed by atoms with Crippen molar-refractivity contribution in [3.05, 3.63) is 35.4 Å². The van der Waals surface area contributed by atoms with Gasteiger partial charge in [-0.25, -0.2) is 8.78 Å². The molecule has 1 heterocycles. The molecule has 1 aliphatic heterocycles. The molecule has 0 spiro atoms. The number of benzene rings is 1. The molecule has 1 aromatic rings. The van der Waals surface area contributed by atoms with E-state index in [0.29, 0.717) is 5.56 Å². The van der Waals surface area contributed by atoms with Crippen molar-refractivity contribution in [3.8, 4) is 0 Å². The summed E-state index contributed by atoms with van der Waals surface area (Å²) in [6.07, 6.45) is 3.10. The third-order valence-corrected chi connectivity index (χ3v) is 4.23. The molecular weight excluding hydrogens is 236 g/mol. The van der Waals surface area contributed by atoms with Crippen LogP contribution in [0.1, 0.15) is 31.2 Å². The lowest BCUT2D eigenvalue weighted by Crippen LogP contribution is -2.43. The molecule has 2 aliphatic rings. The number of nitrogens with zero attached hydrogens (tertiary/aromatic N) is 1. The number of aliphatic hydroxyl groups is 1. The summed E-state index contributed by atoms with van der Waals surface area (Å²) >= 11 is 0. The molecule has 3 rings (SSSR count). The van der Waals surface area contributed by atoms with Crippen LogP contribution in [-0.2, 0) is 5.54 Å². The van der Waals surface area contributed by atoms with Gasteiger partial charge in [0.25, 0.3) is 0 Å². The van der Waals surface area contributed by atoms with Gasteiger partial charge in [0, 0.05) is 30.3 Å². The van der Waals surface area contributed by atoms with Crippen LogP contribution in [0.2, 0.25) is 0 Å². The normalized spacial score (nSPS) is 24.2. The van der Waals surface area contributed by atoms with E-state index in [2.05, 4.69) is 4.90 Å². The SMILES string of the molecule is OC1CCN(C2(c3ccc(F)cc3F)CC2)CC1. The molecule has 0 aromatic heterocycles. The van der Waals surface area contributed by atoms with Gasteiger partial charge in [-0.3, -0.25) is 4.90 Å². The fraction of sp³-hybridized carbons (Fsp3) is 0.571. The Morgan fingerprint density at radius 3 is 2.39 bits per heavy atom. The summed E-state index contributed by atoms with van der Waals surface area (Å²) in [5.41, 5.74) is 0.373. The number of hydrogen-bond acceptors (Lipinski definition) is 2. The molecule has 0 bridgehead atoms. The van der Waals surface area contributed by atoms with Crippen LogP contribution < -0.4 is 0 Å². The van der Waals surface area contributed by atoms with Crippen molar-refractivity contribution in [2.24, 2.45) is 0 Å². The number of rotatable bonds is 2. The summed E-state index contributed by atoms with van der Waals surface area (Å²) in [7, 11) is 0. The Labute approximate surface area is 105 Å². The van der Waals surface area contributed by atoms with Crippen molar-refractivity contribution < 1.29 is 13.9 Å². The minimum Gasteiger partial charge on any atom is -0.393 e. The Balaban J connectivity index is 1.86. The molecule has 4 heteroatoms. The Kier molecular flexibility index (Phi) is 2.87. The van der Waals surface area contributed by atoms with Crippen LogP contribution in [0, 0.1) is 11.6 Å². The maximum absolute atomic E-state index is 13.9. The number of piperidine rings is 1. The predicted molar refractivity (Wildman–Crippen MR) is 64.1 cm³/mol. The van der Waals surface area contributed by atoms with Gasteiger partial charge in [0.1, 0.15) is 11.6 Å². The van der Waals surface area contributed by atoms with Crippen molar-refractivity contribution in [3.63, 3.8) is 0 Å². The Morgan fingerprint density at radius 1 is 1.17 bits per heavy atom. The van der Waals surface area contributed by atoms with E-state index in [1.165, 1.54) is 6.07 Å². The molecule has 98 valence electrons. The highest BCUT2D eigenvalue weighted by atomic mass is 19.1. The van der Waals surface area contributed by atoms with Gasteiger partial charge in [0.2, 0.25) is 0 Å². The summed E-state index contributed by atoms with van der Waals surface area (Å²) in [6.45, 7) is 1.58. The summed E-state index contributed by atoms with van der Waals surface area (Å²) in [5, 5.41) is 9.52. The van der Waals surface area contributed by atoms with Gasteiger partial charge in [-0.05, 0) is 31.7 Å². The molecule has 2 fully saturated rings. The number of halogens is 2. The molecule has 0 unspecified atom stereocenters. The highest BCUT2D eigenvalue weighted by Gasteiger charge is 2.51. The van der Waals surface area contributed by atoms with Gasteiger partial charge in [-0.1, -0.05) is 6.07 Å². The molecule has 0 atom stereocenters. The first kappa shape index (κ1) is 12.1. The maximum Gasteiger partial charge on any atom is 0.131 e. The zero-order chi connectivity index (χ0) is 12.8. The molecule has 1 N–H and O–H groups in total. The fourth-order valence-corrected chi connectivity index (χ4v) is 3.04. The second kappa shape index (κ2) is 4.28. The number of likely N-dealkylation sites (tertiary alicyclic amines) is 1. The molecule has 1 saturated carbocycles. The first-order chi connectivity index (χ1) is 8.62. The minimum absolute atomic E-state index is 0.227. The Hall–Kier alpha value is -1.00. The highest BCUT2D eigenvalue weighted by Crippen LogP contribution is 2.52. The third-order valence-electron chi connectivity index (χ3n) is 4.23. The highest BCUT2D eigenvalue weighted by molar-refractivity contribution is 5.32. The average Bonchev–Trinajstić information content (AvgIpc) is 3.11. The van der Waals surface area contributed by atoms with Crippen LogP contribution in [-0.4, -0.2) is 29.2 Å². The molecule has 1 saturated heterocycles. The summed E-state index contributed by atoms with van der Waals surface area (Å²) < 4.78 is 26.9. The van der Waals surface area contributed by atoms with Gasteiger partial charge in [0.15, 0.2) is 0 Å². The monoisotopic (exact) mass is 253 g/mol. The molecular formula is C14H17F2NO. The summed E-state index contributed by atoms with van der Waals surface area (Å²) in [5.74, 6) is -0.972. The smallest absolute Gasteiger partial charge is 0.131 e. The van der Waals surface area contributed by atoms with E-state index in [4.69, 9.17) is 0 Å². The quantitative estimate of drug-likeness (QED) is 0.875. The third kappa shape index (κ3) is 1.93. The lowest BCUT2D eigenvalue weighted by molar-refractivity contribution is 0.0512. The molecule has 2 nitrogen and oxygen atoms in total. The zero-order valence-corrected chi connectivity index (χ0v) is 10.2. The molecule has 1 aliphatic carbocycles. The topological polar surface area (TPSA) is 23.5 Å². The van der Waals surface area contributed by atoms with Crippen LogP contribution >= 0.6 is 0 Å². The minimum atomic E-state index is -0.527. The van der Waals surface area contributed by atoms with E-state index in [1.807, 2.05) is 0 Å².